The molecule has 2 heterocycles. The van der Waals surface area contributed by atoms with Crippen LogP contribution in [0.3, 0.4) is 0 Å². The van der Waals surface area contributed by atoms with E-state index in [1.807, 2.05) is 7.05 Å². The summed E-state index contributed by atoms with van der Waals surface area (Å²) in [6, 6.07) is 3.43. The number of likely N-dealkylation sites (tertiary alicyclic amines) is 1. The van der Waals surface area contributed by atoms with E-state index in [1.54, 1.807) is 12.1 Å². The van der Waals surface area contributed by atoms with Gasteiger partial charge in [-0.2, -0.15) is 0 Å². The van der Waals surface area contributed by atoms with Crippen molar-refractivity contribution in [2.45, 2.75) is 19.3 Å². The largest absolute Gasteiger partial charge is 0.320 e. The molecule has 1 fully saturated rings. The highest BCUT2D eigenvalue weighted by Crippen LogP contribution is 2.19. The molecular weight excluding hydrogens is 359 g/mol. The van der Waals surface area contributed by atoms with E-state index in [-0.39, 0.29) is 30.7 Å². The van der Waals surface area contributed by atoms with Crippen LogP contribution in [0.15, 0.2) is 18.3 Å². The number of aromatic nitrogens is 1. The van der Waals surface area contributed by atoms with Gasteiger partial charge in [-0.25, -0.2) is 4.98 Å². The molecule has 0 saturated carbocycles. The minimum absolute atomic E-state index is 0. The van der Waals surface area contributed by atoms with Gasteiger partial charge in [-0.1, -0.05) is 11.6 Å². The van der Waals surface area contributed by atoms with Crippen LogP contribution in [0.5, 0.6) is 0 Å². The van der Waals surface area contributed by atoms with Crippen molar-refractivity contribution in [1.82, 2.24) is 15.2 Å². The van der Waals surface area contributed by atoms with Gasteiger partial charge in [0.25, 0.3) is 0 Å². The van der Waals surface area contributed by atoms with E-state index < -0.39 is 0 Å². The number of carbonyl (C=O) groups is 1. The van der Waals surface area contributed by atoms with Crippen LogP contribution in [0.4, 0.5) is 5.82 Å². The Morgan fingerprint density at radius 1 is 1.35 bits per heavy atom. The fourth-order valence-electron chi connectivity index (χ4n) is 2.62. The third kappa shape index (κ3) is 8.18. The molecule has 1 saturated heterocycles. The molecule has 132 valence electrons. The Labute approximate surface area is 155 Å². The Bertz CT molecular complexity index is 451. The number of hydrogen-bond donors (Lipinski definition) is 2. The Morgan fingerprint density at radius 2 is 2.04 bits per heavy atom. The molecule has 0 bridgehead atoms. The lowest BCUT2D eigenvalue weighted by atomic mass is 9.93. The minimum Gasteiger partial charge on any atom is -0.320 e. The van der Waals surface area contributed by atoms with E-state index in [1.165, 1.54) is 25.5 Å². The first-order valence-electron chi connectivity index (χ1n) is 7.45. The van der Waals surface area contributed by atoms with Gasteiger partial charge in [-0.05, 0) is 64.0 Å². The zero-order valence-electron chi connectivity index (χ0n) is 13.3. The SMILES string of the molecule is CNCCC1CCN(CC(=O)Nc2ccc(Cl)cn2)CC1.Cl.Cl. The number of carbonyl (C=O) groups excluding carboxylic acids is 1. The summed E-state index contributed by atoms with van der Waals surface area (Å²) in [5, 5.41) is 6.56. The predicted octanol–water partition coefficient (Wildman–Crippen LogP) is 2.84. The van der Waals surface area contributed by atoms with Gasteiger partial charge in [-0.15, -0.1) is 24.8 Å². The lowest BCUT2D eigenvalue weighted by Gasteiger charge is -2.31. The number of pyridine rings is 1. The van der Waals surface area contributed by atoms with Crippen molar-refractivity contribution in [3.63, 3.8) is 0 Å². The van der Waals surface area contributed by atoms with Crippen molar-refractivity contribution in [2.24, 2.45) is 5.92 Å². The summed E-state index contributed by atoms with van der Waals surface area (Å²) in [5.74, 6) is 1.32. The van der Waals surface area contributed by atoms with E-state index in [4.69, 9.17) is 11.6 Å². The highest BCUT2D eigenvalue weighted by molar-refractivity contribution is 6.30. The molecule has 1 aliphatic rings. The normalized spacial score (nSPS) is 15.4. The number of piperidine rings is 1. The quantitative estimate of drug-likeness (QED) is 0.793. The Hall–Kier alpha value is -0.590. The van der Waals surface area contributed by atoms with Gasteiger partial charge in [0.15, 0.2) is 0 Å². The molecule has 0 atom stereocenters. The van der Waals surface area contributed by atoms with Crippen LogP contribution in [0.2, 0.25) is 5.02 Å². The molecule has 1 amide bonds. The van der Waals surface area contributed by atoms with E-state index in [0.29, 0.717) is 17.4 Å². The molecule has 0 unspecified atom stereocenters. The standard InChI is InChI=1S/C15H23ClN4O.2ClH/c1-17-7-4-12-5-8-20(9-6-12)11-15(21)19-14-3-2-13(16)10-18-14;;/h2-3,10,12,17H,4-9,11H2,1H3,(H,18,19,21);2*1H. The van der Waals surface area contributed by atoms with E-state index in [0.717, 1.165) is 25.6 Å². The van der Waals surface area contributed by atoms with Crippen LogP contribution in [-0.4, -0.2) is 49.0 Å². The molecule has 0 aliphatic carbocycles. The summed E-state index contributed by atoms with van der Waals surface area (Å²) in [6.07, 6.45) is 5.11. The topological polar surface area (TPSA) is 57.3 Å². The van der Waals surface area contributed by atoms with Gasteiger partial charge in [0, 0.05) is 6.20 Å². The van der Waals surface area contributed by atoms with Gasteiger partial charge in [0.05, 0.1) is 11.6 Å². The first-order valence-corrected chi connectivity index (χ1v) is 7.83. The van der Waals surface area contributed by atoms with E-state index >= 15 is 0 Å². The highest BCUT2D eigenvalue weighted by Gasteiger charge is 2.20. The highest BCUT2D eigenvalue weighted by atomic mass is 35.5. The number of anilines is 1. The molecule has 0 radical (unpaired) electrons. The van der Waals surface area contributed by atoms with Gasteiger partial charge < -0.3 is 10.6 Å². The van der Waals surface area contributed by atoms with Crippen LogP contribution in [0.25, 0.3) is 0 Å². The molecule has 2 rings (SSSR count). The molecule has 0 aromatic carbocycles. The van der Waals surface area contributed by atoms with Crippen molar-refractivity contribution in [2.75, 3.05) is 38.5 Å². The van der Waals surface area contributed by atoms with Gasteiger partial charge >= 0.3 is 0 Å². The smallest absolute Gasteiger partial charge is 0.239 e. The molecule has 5 nitrogen and oxygen atoms in total. The first-order chi connectivity index (χ1) is 10.2. The second-order valence-corrected chi connectivity index (χ2v) is 5.96. The Balaban J connectivity index is 0.00000242. The number of rotatable bonds is 6. The summed E-state index contributed by atoms with van der Waals surface area (Å²) >= 11 is 5.77. The monoisotopic (exact) mass is 382 g/mol. The van der Waals surface area contributed by atoms with Crippen LogP contribution in [0, 0.1) is 5.92 Å². The maximum atomic E-state index is 12.0. The van der Waals surface area contributed by atoms with Gasteiger partial charge in [-0.3, -0.25) is 9.69 Å². The number of hydrogen-bond acceptors (Lipinski definition) is 4. The van der Waals surface area contributed by atoms with Crippen LogP contribution in [0.1, 0.15) is 19.3 Å². The molecule has 2 N–H and O–H groups in total. The molecule has 8 heteroatoms. The van der Waals surface area contributed by atoms with Gasteiger partial charge in [0.2, 0.25) is 5.91 Å². The van der Waals surface area contributed by atoms with Crippen molar-refractivity contribution in [1.29, 1.82) is 0 Å². The minimum atomic E-state index is -0.0153. The zero-order valence-corrected chi connectivity index (χ0v) is 15.6. The second-order valence-electron chi connectivity index (χ2n) is 5.52. The molecule has 1 aliphatic heterocycles. The van der Waals surface area contributed by atoms with Crippen molar-refractivity contribution in [3.8, 4) is 0 Å². The lowest BCUT2D eigenvalue weighted by molar-refractivity contribution is -0.117. The van der Waals surface area contributed by atoms with Crippen LogP contribution >= 0.6 is 36.4 Å². The van der Waals surface area contributed by atoms with Crippen molar-refractivity contribution < 1.29 is 4.79 Å². The number of nitrogens with one attached hydrogen (secondary N) is 2. The molecule has 23 heavy (non-hydrogen) atoms. The zero-order chi connectivity index (χ0) is 15.1. The Kier molecular flexibility index (Phi) is 11.6. The molecular formula is C15H25Cl3N4O. The fourth-order valence-corrected chi connectivity index (χ4v) is 2.73. The second kappa shape index (κ2) is 11.9. The summed E-state index contributed by atoms with van der Waals surface area (Å²) in [6.45, 7) is 3.50. The summed E-state index contributed by atoms with van der Waals surface area (Å²) in [7, 11) is 1.99. The average Bonchev–Trinajstić information content (AvgIpc) is 2.49. The van der Waals surface area contributed by atoms with Crippen LogP contribution < -0.4 is 10.6 Å². The third-order valence-corrected chi connectivity index (χ3v) is 4.10. The van der Waals surface area contributed by atoms with Crippen molar-refractivity contribution >= 4 is 48.1 Å². The number of amides is 1. The maximum absolute atomic E-state index is 12.0. The summed E-state index contributed by atoms with van der Waals surface area (Å²) in [5.41, 5.74) is 0. The number of halogens is 3. The lowest BCUT2D eigenvalue weighted by Crippen LogP contribution is -2.39. The maximum Gasteiger partial charge on any atom is 0.239 e. The third-order valence-electron chi connectivity index (χ3n) is 3.87. The van der Waals surface area contributed by atoms with Crippen molar-refractivity contribution in [3.05, 3.63) is 23.4 Å². The molecule has 1 aromatic heterocycles. The Morgan fingerprint density at radius 3 is 2.61 bits per heavy atom. The van der Waals surface area contributed by atoms with E-state index in [9.17, 15) is 4.79 Å². The summed E-state index contributed by atoms with van der Waals surface area (Å²) in [4.78, 5) is 18.3. The summed E-state index contributed by atoms with van der Waals surface area (Å²) < 4.78 is 0. The number of nitrogens with zero attached hydrogens (tertiary/aromatic N) is 2. The first kappa shape index (κ1) is 22.4. The van der Waals surface area contributed by atoms with E-state index in [2.05, 4.69) is 20.5 Å². The fraction of sp³-hybridized carbons (Fsp3) is 0.600. The molecule has 1 aromatic rings. The molecule has 0 spiro atoms. The predicted molar refractivity (Wildman–Crippen MR) is 100 cm³/mol. The van der Waals surface area contributed by atoms with Crippen LogP contribution in [-0.2, 0) is 4.79 Å². The average molecular weight is 384 g/mol. The van der Waals surface area contributed by atoms with Gasteiger partial charge in [0.1, 0.15) is 5.82 Å².